The molecule has 1 atom stereocenters. The Morgan fingerprint density at radius 1 is 1.55 bits per heavy atom. The summed E-state index contributed by atoms with van der Waals surface area (Å²) >= 11 is 0. The second kappa shape index (κ2) is 2.75. The van der Waals surface area contributed by atoms with Crippen LogP contribution in [-0.2, 0) is 4.74 Å². The maximum atomic E-state index is 11.8. The van der Waals surface area contributed by atoms with Crippen molar-refractivity contribution < 1.29 is 17.9 Å². The zero-order chi connectivity index (χ0) is 8.48. The Labute approximate surface area is 62.8 Å². The van der Waals surface area contributed by atoms with Gasteiger partial charge < -0.3 is 4.74 Å². The zero-order valence-corrected chi connectivity index (χ0v) is 6.11. The molecule has 0 amide bonds. The molecule has 0 aromatic rings. The molecule has 0 aromatic carbocycles. The van der Waals surface area contributed by atoms with E-state index in [1.807, 2.05) is 6.92 Å². The monoisotopic (exact) mass is 166 g/mol. The van der Waals surface area contributed by atoms with Gasteiger partial charge in [-0.1, -0.05) is 13.3 Å². The lowest BCUT2D eigenvalue weighted by Gasteiger charge is -1.95. The van der Waals surface area contributed by atoms with E-state index >= 15 is 0 Å². The van der Waals surface area contributed by atoms with Gasteiger partial charge >= 0.3 is 6.18 Å². The van der Waals surface area contributed by atoms with Crippen molar-refractivity contribution in [3.63, 3.8) is 0 Å². The van der Waals surface area contributed by atoms with Crippen molar-refractivity contribution in [3.05, 3.63) is 11.8 Å². The predicted octanol–water partition coefficient (Wildman–Crippen LogP) is 2.63. The van der Waals surface area contributed by atoms with E-state index in [0.717, 1.165) is 6.42 Å². The van der Waals surface area contributed by atoms with Crippen molar-refractivity contribution in [3.8, 4) is 0 Å². The third kappa shape index (κ3) is 2.13. The maximum Gasteiger partial charge on any atom is 0.432 e. The van der Waals surface area contributed by atoms with Crippen molar-refractivity contribution in [2.75, 3.05) is 0 Å². The fourth-order valence-electron chi connectivity index (χ4n) is 0.772. The normalized spacial score (nSPS) is 26.9. The van der Waals surface area contributed by atoms with E-state index < -0.39 is 12.3 Å². The van der Waals surface area contributed by atoms with Gasteiger partial charge in [-0.3, -0.25) is 0 Å². The van der Waals surface area contributed by atoms with E-state index in [-0.39, 0.29) is 5.76 Å². The molecule has 0 spiro atoms. The average molecular weight is 166 g/mol. The fraction of sp³-hybridized carbons (Fsp3) is 0.714. The highest BCUT2D eigenvalue weighted by Crippen LogP contribution is 2.40. The summed E-state index contributed by atoms with van der Waals surface area (Å²) in [5.41, 5.74) is 0. The molecule has 1 aliphatic rings. The molecule has 1 aliphatic heterocycles. The molecule has 1 rings (SSSR count). The number of halogens is 3. The van der Waals surface area contributed by atoms with E-state index in [0.29, 0.717) is 6.42 Å². The first-order chi connectivity index (χ1) is 5.05. The highest BCUT2D eigenvalue weighted by molar-refractivity contribution is 5.16. The van der Waals surface area contributed by atoms with Gasteiger partial charge in [-0.25, -0.2) is 0 Å². The van der Waals surface area contributed by atoms with Crippen molar-refractivity contribution >= 4 is 0 Å². The van der Waals surface area contributed by atoms with Crippen molar-refractivity contribution in [2.45, 2.75) is 32.0 Å². The van der Waals surface area contributed by atoms with Crippen LogP contribution in [0, 0.1) is 0 Å². The molecule has 4 heteroatoms. The van der Waals surface area contributed by atoms with Crippen LogP contribution in [0.4, 0.5) is 13.2 Å². The molecule has 1 saturated heterocycles. The maximum absolute atomic E-state index is 11.8. The highest BCUT2D eigenvalue weighted by atomic mass is 19.4. The second-order valence-corrected chi connectivity index (χ2v) is 2.43. The molecule has 1 fully saturated rings. The molecule has 0 bridgehead atoms. The van der Waals surface area contributed by atoms with Crippen LogP contribution < -0.4 is 0 Å². The van der Waals surface area contributed by atoms with Crippen LogP contribution >= 0.6 is 0 Å². The SMILES string of the molecule is CCC/C=C1\OC1C(F)(F)F. The molecular weight excluding hydrogens is 157 g/mol. The van der Waals surface area contributed by atoms with Crippen LogP contribution in [0.15, 0.2) is 11.8 Å². The minimum Gasteiger partial charge on any atom is -0.473 e. The third-order valence-electron chi connectivity index (χ3n) is 1.39. The summed E-state index contributed by atoms with van der Waals surface area (Å²) in [6.45, 7) is 1.90. The van der Waals surface area contributed by atoms with Gasteiger partial charge in [-0.05, 0) is 12.5 Å². The lowest BCUT2D eigenvalue weighted by molar-refractivity contribution is -0.145. The number of epoxide rings is 1. The number of unbranched alkanes of at least 4 members (excludes halogenated alkanes) is 1. The summed E-state index contributed by atoms with van der Waals surface area (Å²) in [5, 5.41) is 0. The Bertz CT molecular complexity index is 171. The number of alkyl halides is 3. The van der Waals surface area contributed by atoms with Crippen LogP contribution in [0.3, 0.4) is 0 Å². The molecule has 0 aliphatic carbocycles. The minimum absolute atomic E-state index is 0.0827. The first-order valence-electron chi connectivity index (χ1n) is 3.49. The smallest absolute Gasteiger partial charge is 0.432 e. The van der Waals surface area contributed by atoms with Crippen molar-refractivity contribution in [1.82, 2.24) is 0 Å². The Kier molecular flexibility index (Phi) is 2.11. The summed E-state index contributed by atoms with van der Waals surface area (Å²) in [6, 6.07) is 0. The molecular formula is C7H9F3O. The Morgan fingerprint density at radius 2 is 2.18 bits per heavy atom. The van der Waals surface area contributed by atoms with Gasteiger partial charge in [0.2, 0.25) is 6.10 Å². The number of ether oxygens (including phenoxy) is 1. The van der Waals surface area contributed by atoms with Gasteiger partial charge in [-0.15, -0.1) is 0 Å². The van der Waals surface area contributed by atoms with Crippen LogP contribution in [-0.4, -0.2) is 12.3 Å². The molecule has 0 radical (unpaired) electrons. The van der Waals surface area contributed by atoms with E-state index in [4.69, 9.17) is 0 Å². The quantitative estimate of drug-likeness (QED) is 0.574. The van der Waals surface area contributed by atoms with Gasteiger partial charge in [0, 0.05) is 0 Å². The first kappa shape index (κ1) is 8.43. The summed E-state index contributed by atoms with van der Waals surface area (Å²) in [4.78, 5) is 0. The summed E-state index contributed by atoms with van der Waals surface area (Å²) in [5.74, 6) is 0.0827. The molecule has 0 saturated carbocycles. The van der Waals surface area contributed by atoms with E-state index in [2.05, 4.69) is 4.74 Å². The van der Waals surface area contributed by atoms with Gasteiger partial charge in [-0.2, -0.15) is 13.2 Å². The molecule has 1 heterocycles. The fourth-order valence-corrected chi connectivity index (χ4v) is 0.772. The van der Waals surface area contributed by atoms with E-state index in [1.54, 1.807) is 0 Å². The Hall–Kier alpha value is -0.670. The van der Waals surface area contributed by atoms with E-state index in [1.165, 1.54) is 6.08 Å². The molecule has 0 aromatic heterocycles. The standard InChI is InChI=1S/C7H9F3O/c1-2-3-4-5-6(11-5)7(8,9)10/h4,6H,2-3H2,1H3/b5-4-. The number of allylic oxidation sites excluding steroid dienone is 1. The molecule has 11 heavy (non-hydrogen) atoms. The van der Waals surface area contributed by atoms with Crippen LogP contribution in [0.25, 0.3) is 0 Å². The van der Waals surface area contributed by atoms with Gasteiger partial charge in [0.1, 0.15) is 5.76 Å². The van der Waals surface area contributed by atoms with E-state index in [9.17, 15) is 13.2 Å². The zero-order valence-electron chi connectivity index (χ0n) is 6.11. The lowest BCUT2D eigenvalue weighted by atomic mass is 10.3. The topological polar surface area (TPSA) is 12.5 Å². The summed E-state index contributed by atoms with van der Waals surface area (Å²) in [6.07, 6.45) is -2.81. The number of rotatable bonds is 2. The molecule has 1 nitrogen and oxygen atoms in total. The van der Waals surface area contributed by atoms with Crippen LogP contribution in [0.2, 0.25) is 0 Å². The summed E-state index contributed by atoms with van der Waals surface area (Å²) in [7, 11) is 0. The molecule has 0 N–H and O–H groups in total. The number of hydrogen-bond donors (Lipinski definition) is 0. The largest absolute Gasteiger partial charge is 0.473 e. The first-order valence-corrected chi connectivity index (χ1v) is 3.49. The summed E-state index contributed by atoms with van der Waals surface area (Å²) < 4.78 is 39.6. The predicted molar refractivity (Wildman–Crippen MR) is 33.9 cm³/mol. The number of hydrogen-bond acceptors (Lipinski definition) is 1. The Morgan fingerprint density at radius 3 is 2.55 bits per heavy atom. The van der Waals surface area contributed by atoms with Crippen molar-refractivity contribution in [2.24, 2.45) is 0 Å². The Balaban J connectivity index is 2.37. The highest BCUT2D eigenvalue weighted by Gasteiger charge is 2.55. The molecule has 1 unspecified atom stereocenters. The average Bonchev–Trinajstić information content (AvgIpc) is 2.60. The molecule has 64 valence electrons. The minimum atomic E-state index is -4.21. The van der Waals surface area contributed by atoms with Crippen molar-refractivity contribution in [1.29, 1.82) is 0 Å². The second-order valence-electron chi connectivity index (χ2n) is 2.43. The van der Waals surface area contributed by atoms with Gasteiger partial charge in [0.05, 0.1) is 0 Å². The third-order valence-corrected chi connectivity index (χ3v) is 1.39. The lowest BCUT2D eigenvalue weighted by Crippen LogP contribution is -2.15. The van der Waals surface area contributed by atoms with Crippen LogP contribution in [0.5, 0.6) is 0 Å². The van der Waals surface area contributed by atoms with Gasteiger partial charge in [0.15, 0.2) is 0 Å². The van der Waals surface area contributed by atoms with Crippen LogP contribution in [0.1, 0.15) is 19.8 Å². The van der Waals surface area contributed by atoms with Gasteiger partial charge in [0.25, 0.3) is 0 Å².